The predicted molar refractivity (Wildman–Crippen MR) is 75.4 cm³/mol. The zero-order valence-corrected chi connectivity index (χ0v) is 12.1. The van der Waals surface area contributed by atoms with Gasteiger partial charge in [0.2, 0.25) is 0 Å². The van der Waals surface area contributed by atoms with Crippen molar-refractivity contribution in [3.05, 3.63) is 23.3 Å². The van der Waals surface area contributed by atoms with Crippen LogP contribution in [-0.2, 0) is 0 Å². The van der Waals surface area contributed by atoms with Gasteiger partial charge in [-0.1, -0.05) is 23.3 Å². The van der Waals surface area contributed by atoms with Gasteiger partial charge in [0.1, 0.15) is 6.10 Å². The van der Waals surface area contributed by atoms with Crippen LogP contribution in [0.2, 0.25) is 0 Å². The van der Waals surface area contributed by atoms with Gasteiger partial charge in [-0.2, -0.15) is 0 Å². The minimum Gasteiger partial charge on any atom is -0.394 e. The first-order chi connectivity index (χ1) is 8.29. The van der Waals surface area contributed by atoms with E-state index in [0.29, 0.717) is 12.8 Å². The third-order valence-electron chi connectivity index (χ3n) is 3.13. The Bertz CT molecular complexity index is 286. The molecule has 0 aromatic heterocycles. The van der Waals surface area contributed by atoms with Gasteiger partial charge in [0, 0.05) is 0 Å². The van der Waals surface area contributed by atoms with E-state index in [1.54, 1.807) is 6.92 Å². The lowest BCUT2D eigenvalue weighted by atomic mass is 9.93. The molecule has 0 aliphatic rings. The van der Waals surface area contributed by atoms with Crippen molar-refractivity contribution in [2.45, 2.75) is 65.1 Å². The summed E-state index contributed by atoms with van der Waals surface area (Å²) >= 11 is 0. The molecule has 0 aliphatic carbocycles. The molecular formula is C15H28O3. The van der Waals surface area contributed by atoms with Gasteiger partial charge in [-0.3, -0.25) is 0 Å². The minimum absolute atomic E-state index is 0.406. The summed E-state index contributed by atoms with van der Waals surface area (Å²) in [5.74, 6) is 0. The Morgan fingerprint density at radius 1 is 1.17 bits per heavy atom. The van der Waals surface area contributed by atoms with Crippen LogP contribution in [0.4, 0.5) is 0 Å². The predicted octanol–water partition coefficient (Wildman–Crippen LogP) is 2.56. The van der Waals surface area contributed by atoms with Crippen molar-refractivity contribution < 1.29 is 15.3 Å². The molecule has 0 radical (unpaired) electrons. The molecule has 18 heavy (non-hydrogen) atoms. The van der Waals surface area contributed by atoms with E-state index >= 15 is 0 Å². The molecular weight excluding hydrogens is 228 g/mol. The number of aliphatic hydroxyl groups is 3. The third kappa shape index (κ3) is 7.64. The first-order valence-electron chi connectivity index (χ1n) is 6.60. The maximum atomic E-state index is 9.90. The van der Waals surface area contributed by atoms with E-state index in [9.17, 15) is 10.2 Å². The van der Waals surface area contributed by atoms with Crippen LogP contribution in [0, 0.1) is 0 Å². The molecule has 0 bridgehead atoms. The Kier molecular flexibility index (Phi) is 8.16. The van der Waals surface area contributed by atoms with Crippen molar-refractivity contribution in [2.24, 2.45) is 0 Å². The molecule has 0 amide bonds. The Hall–Kier alpha value is -0.640. The van der Waals surface area contributed by atoms with Gasteiger partial charge in [0.05, 0.1) is 12.2 Å². The van der Waals surface area contributed by atoms with Gasteiger partial charge in [-0.15, -0.1) is 0 Å². The summed E-state index contributed by atoms with van der Waals surface area (Å²) in [6, 6.07) is 0. The molecule has 0 heterocycles. The van der Waals surface area contributed by atoms with Crippen LogP contribution in [0.15, 0.2) is 23.3 Å². The van der Waals surface area contributed by atoms with Crippen LogP contribution in [-0.4, -0.2) is 33.6 Å². The zero-order chi connectivity index (χ0) is 14.2. The van der Waals surface area contributed by atoms with E-state index in [2.05, 4.69) is 32.9 Å². The van der Waals surface area contributed by atoms with E-state index in [-0.39, 0.29) is 0 Å². The second-order valence-corrected chi connectivity index (χ2v) is 5.46. The van der Waals surface area contributed by atoms with Gasteiger partial charge in [0.15, 0.2) is 0 Å². The van der Waals surface area contributed by atoms with Gasteiger partial charge in [-0.05, 0) is 53.4 Å². The van der Waals surface area contributed by atoms with Gasteiger partial charge in [0.25, 0.3) is 0 Å². The smallest absolute Gasteiger partial charge is 0.105 e. The Labute approximate surface area is 111 Å². The molecule has 0 spiro atoms. The van der Waals surface area contributed by atoms with Crippen molar-refractivity contribution in [1.82, 2.24) is 0 Å². The van der Waals surface area contributed by atoms with Gasteiger partial charge < -0.3 is 15.3 Å². The first kappa shape index (κ1) is 17.4. The fraction of sp³-hybridized carbons (Fsp3) is 0.733. The number of hydrogen-bond donors (Lipinski definition) is 3. The number of allylic oxidation sites excluding steroid dienone is 4. The minimum atomic E-state index is -1.22. The molecule has 0 rings (SSSR count). The summed E-state index contributed by atoms with van der Waals surface area (Å²) in [7, 11) is 0. The van der Waals surface area contributed by atoms with E-state index in [1.165, 1.54) is 11.1 Å². The van der Waals surface area contributed by atoms with Crippen molar-refractivity contribution in [2.75, 3.05) is 6.61 Å². The molecule has 0 aromatic carbocycles. The van der Waals surface area contributed by atoms with Crippen molar-refractivity contribution in [1.29, 1.82) is 0 Å². The van der Waals surface area contributed by atoms with Crippen LogP contribution in [0.1, 0.15) is 53.4 Å². The number of aliphatic hydroxyl groups excluding tert-OH is 2. The summed E-state index contributed by atoms with van der Waals surface area (Å²) in [5, 5.41) is 28.1. The van der Waals surface area contributed by atoms with E-state index < -0.39 is 18.3 Å². The molecule has 3 nitrogen and oxygen atoms in total. The first-order valence-corrected chi connectivity index (χ1v) is 6.60. The topological polar surface area (TPSA) is 60.7 Å². The summed E-state index contributed by atoms with van der Waals surface area (Å²) in [4.78, 5) is 0. The highest BCUT2D eigenvalue weighted by Crippen LogP contribution is 2.18. The molecule has 0 fully saturated rings. The van der Waals surface area contributed by atoms with Crippen molar-refractivity contribution >= 4 is 0 Å². The lowest BCUT2D eigenvalue weighted by Crippen LogP contribution is -2.41. The second kappa shape index (κ2) is 8.46. The van der Waals surface area contributed by atoms with Crippen LogP contribution in [0.3, 0.4) is 0 Å². The molecule has 3 heteroatoms. The molecule has 3 N–H and O–H groups in total. The maximum Gasteiger partial charge on any atom is 0.105 e. The van der Waals surface area contributed by atoms with E-state index in [4.69, 9.17) is 5.11 Å². The average molecular weight is 256 g/mol. The molecule has 106 valence electrons. The van der Waals surface area contributed by atoms with Crippen LogP contribution in [0.25, 0.3) is 0 Å². The fourth-order valence-electron chi connectivity index (χ4n) is 1.66. The normalized spacial score (nSPS) is 17.2. The summed E-state index contributed by atoms with van der Waals surface area (Å²) in [6.45, 7) is 7.41. The highest BCUT2D eigenvalue weighted by molar-refractivity contribution is 5.02. The Morgan fingerprint density at radius 2 is 1.78 bits per heavy atom. The maximum absolute atomic E-state index is 9.90. The molecule has 0 unspecified atom stereocenters. The van der Waals surface area contributed by atoms with E-state index in [1.807, 2.05) is 0 Å². The van der Waals surface area contributed by atoms with Crippen LogP contribution >= 0.6 is 0 Å². The summed E-state index contributed by atoms with van der Waals surface area (Å²) in [5.41, 5.74) is 1.41. The molecule has 0 saturated heterocycles. The summed E-state index contributed by atoms with van der Waals surface area (Å²) < 4.78 is 0. The lowest BCUT2D eigenvalue weighted by Gasteiger charge is -2.27. The fourth-order valence-corrected chi connectivity index (χ4v) is 1.66. The Morgan fingerprint density at radius 3 is 2.28 bits per heavy atom. The quantitative estimate of drug-likeness (QED) is 0.585. The zero-order valence-electron chi connectivity index (χ0n) is 12.1. The van der Waals surface area contributed by atoms with Crippen molar-refractivity contribution in [3.63, 3.8) is 0 Å². The SMILES string of the molecule is CC(C)=CCC/C(C)=C/CC[C@@](C)(O)[C@H](O)CO. The van der Waals surface area contributed by atoms with E-state index in [0.717, 1.165) is 12.8 Å². The molecule has 0 saturated carbocycles. The third-order valence-corrected chi connectivity index (χ3v) is 3.13. The van der Waals surface area contributed by atoms with Gasteiger partial charge >= 0.3 is 0 Å². The largest absolute Gasteiger partial charge is 0.394 e. The second-order valence-electron chi connectivity index (χ2n) is 5.46. The Balaban J connectivity index is 4.04. The number of hydrogen-bond acceptors (Lipinski definition) is 3. The lowest BCUT2D eigenvalue weighted by molar-refractivity contribution is -0.0866. The highest BCUT2D eigenvalue weighted by atomic mass is 16.4. The monoisotopic (exact) mass is 256 g/mol. The summed E-state index contributed by atoms with van der Waals surface area (Å²) in [6.07, 6.45) is 6.47. The van der Waals surface area contributed by atoms with Crippen LogP contribution in [0.5, 0.6) is 0 Å². The standard InChI is InChI=1S/C15H28O3/c1-12(2)7-5-8-13(3)9-6-10-15(4,18)14(17)11-16/h7,9,14,16-18H,5-6,8,10-11H2,1-4H3/b13-9+/t14-,15-/m1/s1. The van der Waals surface area contributed by atoms with Crippen LogP contribution < -0.4 is 0 Å². The van der Waals surface area contributed by atoms with Crippen molar-refractivity contribution in [3.8, 4) is 0 Å². The van der Waals surface area contributed by atoms with Gasteiger partial charge in [-0.25, -0.2) is 0 Å². The molecule has 2 atom stereocenters. The molecule has 0 aromatic rings. The average Bonchev–Trinajstić information content (AvgIpc) is 2.27. The highest BCUT2D eigenvalue weighted by Gasteiger charge is 2.28. The molecule has 0 aliphatic heterocycles. The number of rotatable bonds is 8.